The van der Waals surface area contributed by atoms with Gasteiger partial charge in [-0.25, -0.2) is 13.1 Å². The fraction of sp³-hybridized carbons (Fsp3) is 0.333. The summed E-state index contributed by atoms with van der Waals surface area (Å²) in [6.07, 6.45) is 2.08. The van der Waals surface area contributed by atoms with Gasteiger partial charge in [0.2, 0.25) is 10.0 Å². The number of nitrogens with one attached hydrogen (secondary N) is 1. The molecular weight excluding hydrogens is 290 g/mol. The van der Waals surface area contributed by atoms with Gasteiger partial charge in [-0.15, -0.1) is 0 Å². The van der Waals surface area contributed by atoms with E-state index in [1.807, 2.05) is 6.07 Å². The van der Waals surface area contributed by atoms with Crippen molar-refractivity contribution in [1.29, 1.82) is 0 Å². The molecule has 0 amide bonds. The topological polar surface area (TPSA) is 68.5 Å². The molecule has 0 aliphatic heterocycles. The number of methoxy groups -OCH3 is 1. The summed E-state index contributed by atoms with van der Waals surface area (Å²) < 4.78 is 37.8. The summed E-state index contributed by atoms with van der Waals surface area (Å²) in [6.45, 7) is 3.55. The van der Waals surface area contributed by atoms with E-state index in [1.165, 1.54) is 0 Å². The molecule has 1 heterocycles. The van der Waals surface area contributed by atoms with Crippen molar-refractivity contribution in [2.75, 3.05) is 7.11 Å². The summed E-state index contributed by atoms with van der Waals surface area (Å²) >= 11 is 0. The Hall–Kier alpha value is -1.79. The second-order valence-corrected chi connectivity index (χ2v) is 6.62. The number of hydrogen-bond acceptors (Lipinski definition) is 4. The number of hydrogen-bond donors (Lipinski definition) is 1. The average molecular weight is 309 g/mol. The van der Waals surface area contributed by atoms with Gasteiger partial charge < -0.3 is 9.15 Å². The van der Waals surface area contributed by atoms with Crippen LogP contribution >= 0.6 is 0 Å². The van der Waals surface area contributed by atoms with Gasteiger partial charge in [-0.2, -0.15) is 0 Å². The van der Waals surface area contributed by atoms with E-state index in [2.05, 4.69) is 4.72 Å². The molecule has 5 nitrogen and oxygen atoms in total. The lowest BCUT2D eigenvalue weighted by atomic mass is 10.2. The first-order chi connectivity index (χ1) is 9.92. The first-order valence-corrected chi connectivity index (χ1v) is 8.10. The number of aryl methyl sites for hydroxylation is 1. The maximum atomic E-state index is 12.4. The summed E-state index contributed by atoms with van der Waals surface area (Å²) in [5, 5.41) is 0. The Labute approximate surface area is 125 Å². The van der Waals surface area contributed by atoms with Crippen LogP contribution in [0.3, 0.4) is 0 Å². The molecule has 0 bridgehead atoms. The van der Waals surface area contributed by atoms with Crippen molar-refractivity contribution in [3.63, 3.8) is 0 Å². The fourth-order valence-electron chi connectivity index (χ4n) is 2.15. The predicted octanol–water partition coefficient (Wildman–Crippen LogP) is 2.51. The van der Waals surface area contributed by atoms with E-state index < -0.39 is 10.0 Å². The van der Waals surface area contributed by atoms with Crippen LogP contribution in [0.1, 0.15) is 18.2 Å². The van der Waals surface area contributed by atoms with Gasteiger partial charge in [-0.1, -0.05) is 0 Å². The molecule has 0 aliphatic rings. The summed E-state index contributed by atoms with van der Waals surface area (Å²) in [4.78, 5) is 0.259. The zero-order valence-electron chi connectivity index (χ0n) is 12.3. The third-order valence-corrected chi connectivity index (χ3v) is 4.87. The number of furan rings is 1. The van der Waals surface area contributed by atoms with Gasteiger partial charge in [-0.05, 0) is 49.7 Å². The molecule has 1 aromatic heterocycles. The van der Waals surface area contributed by atoms with Gasteiger partial charge in [0, 0.05) is 12.5 Å². The summed E-state index contributed by atoms with van der Waals surface area (Å²) in [7, 11) is -2.02. The average Bonchev–Trinajstić information content (AvgIpc) is 2.90. The third kappa shape index (κ3) is 3.86. The summed E-state index contributed by atoms with van der Waals surface area (Å²) in [5.74, 6) is 1.38. The molecule has 2 aromatic rings. The number of rotatable bonds is 6. The maximum Gasteiger partial charge on any atom is 0.241 e. The molecule has 6 heteroatoms. The fourth-order valence-corrected chi connectivity index (χ4v) is 3.62. The van der Waals surface area contributed by atoms with Crippen molar-refractivity contribution in [2.24, 2.45) is 0 Å². The zero-order chi connectivity index (χ0) is 15.5. The normalized spacial score (nSPS) is 13.1. The van der Waals surface area contributed by atoms with Crippen molar-refractivity contribution >= 4 is 10.0 Å². The Morgan fingerprint density at radius 1 is 1.33 bits per heavy atom. The maximum absolute atomic E-state index is 12.4. The molecule has 0 saturated carbocycles. The van der Waals surface area contributed by atoms with E-state index >= 15 is 0 Å². The molecule has 21 heavy (non-hydrogen) atoms. The molecule has 1 aromatic carbocycles. The highest BCUT2D eigenvalue weighted by atomic mass is 32.2. The summed E-state index contributed by atoms with van der Waals surface area (Å²) in [5.41, 5.74) is 0.645. The van der Waals surface area contributed by atoms with Gasteiger partial charge in [0.25, 0.3) is 0 Å². The Morgan fingerprint density at radius 2 is 2.10 bits per heavy atom. The van der Waals surface area contributed by atoms with Crippen LogP contribution in [0, 0.1) is 6.92 Å². The number of benzene rings is 1. The van der Waals surface area contributed by atoms with E-state index in [4.69, 9.17) is 9.15 Å². The minimum absolute atomic E-state index is 0.259. The molecule has 0 aliphatic carbocycles. The smallest absolute Gasteiger partial charge is 0.241 e. The van der Waals surface area contributed by atoms with Gasteiger partial charge in [-0.3, -0.25) is 0 Å². The van der Waals surface area contributed by atoms with Crippen LogP contribution in [0.15, 0.2) is 45.9 Å². The molecule has 0 radical (unpaired) electrons. The number of ether oxygens (including phenoxy) is 1. The van der Waals surface area contributed by atoms with Crippen LogP contribution in [-0.2, 0) is 16.4 Å². The molecule has 1 atom stereocenters. The Morgan fingerprint density at radius 3 is 2.67 bits per heavy atom. The lowest BCUT2D eigenvalue weighted by molar-refractivity contribution is 0.414. The van der Waals surface area contributed by atoms with Crippen molar-refractivity contribution in [3.05, 3.63) is 47.9 Å². The van der Waals surface area contributed by atoms with Gasteiger partial charge in [0.15, 0.2) is 0 Å². The predicted molar refractivity (Wildman–Crippen MR) is 79.9 cm³/mol. The molecule has 114 valence electrons. The molecule has 0 spiro atoms. The molecule has 0 fully saturated rings. The molecule has 0 saturated heterocycles. The molecular formula is C15H19NO4S. The quantitative estimate of drug-likeness (QED) is 0.890. The highest BCUT2D eigenvalue weighted by Crippen LogP contribution is 2.21. The summed E-state index contributed by atoms with van der Waals surface area (Å²) in [6, 6.07) is 8.23. The Bertz CT molecular complexity index is 692. The van der Waals surface area contributed by atoms with E-state index in [1.54, 1.807) is 51.5 Å². The molecule has 1 N–H and O–H groups in total. The van der Waals surface area contributed by atoms with Crippen LogP contribution in [0.5, 0.6) is 5.75 Å². The highest BCUT2D eigenvalue weighted by Gasteiger charge is 2.20. The van der Waals surface area contributed by atoms with E-state index in [0.29, 0.717) is 17.7 Å². The molecule has 1 unspecified atom stereocenters. The lowest BCUT2D eigenvalue weighted by Crippen LogP contribution is -2.34. The largest absolute Gasteiger partial charge is 0.497 e. The second-order valence-electron chi connectivity index (χ2n) is 4.94. The first-order valence-electron chi connectivity index (χ1n) is 6.61. The Balaban J connectivity index is 2.14. The van der Waals surface area contributed by atoms with Crippen molar-refractivity contribution in [1.82, 2.24) is 4.72 Å². The SMILES string of the molecule is COc1ccc(S(=O)(=O)NC(C)Cc2ccco2)c(C)c1. The van der Waals surface area contributed by atoms with E-state index in [9.17, 15) is 8.42 Å². The minimum Gasteiger partial charge on any atom is -0.497 e. The van der Waals surface area contributed by atoms with Crippen molar-refractivity contribution in [3.8, 4) is 5.75 Å². The van der Waals surface area contributed by atoms with Crippen molar-refractivity contribution < 1.29 is 17.6 Å². The van der Waals surface area contributed by atoms with Crippen LogP contribution in [0.25, 0.3) is 0 Å². The van der Waals surface area contributed by atoms with E-state index in [0.717, 1.165) is 5.76 Å². The number of sulfonamides is 1. The van der Waals surface area contributed by atoms with Gasteiger partial charge in [0.1, 0.15) is 11.5 Å². The first kappa shape index (κ1) is 15.6. The monoisotopic (exact) mass is 309 g/mol. The van der Waals surface area contributed by atoms with Crippen molar-refractivity contribution in [2.45, 2.75) is 31.2 Å². The Kier molecular flexibility index (Phi) is 4.69. The van der Waals surface area contributed by atoms with Crippen LogP contribution < -0.4 is 9.46 Å². The van der Waals surface area contributed by atoms with Crippen LogP contribution in [-0.4, -0.2) is 21.6 Å². The van der Waals surface area contributed by atoms with Crippen LogP contribution in [0.2, 0.25) is 0 Å². The molecule has 2 rings (SSSR count). The van der Waals surface area contributed by atoms with Gasteiger partial charge in [0.05, 0.1) is 18.3 Å². The minimum atomic E-state index is -3.57. The third-order valence-electron chi connectivity index (χ3n) is 3.12. The lowest BCUT2D eigenvalue weighted by Gasteiger charge is -2.15. The van der Waals surface area contributed by atoms with E-state index in [-0.39, 0.29) is 10.9 Å². The highest BCUT2D eigenvalue weighted by molar-refractivity contribution is 7.89. The van der Waals surface area contributed by atoms with Gasteiger partial charge >= 0.3 is 0 Å². The zero-order valence-corrected chi connectivity index (χ0v) is 13.1. The standard InChI is InChI=1S/C15H19NO4S/c1-11-9-13(19-3)6-7-15(11)21(17,18)16-12(2)10-14-5-4-8-20-14/h4-9,12,16H,10H2,1-3H3. The van der Waals surface area contributed by atoms with Crippen LogP contribution in [0.4, 0.5) is 0 Å². The second kappa shape index (κ2) is 6.32.